The fraction of sp³-hybridized carbons (Fsp3) is 0.600. The standard InChI is InChI=1S/C15H24N4O2/c1-3-19(4-2)15(20)11-18-8-9-21-13(10-18)12-6-5-7-14(16)17-12/h5-7,13H,3-4,8-11H2,1-2H3,(H2,16,17). The third-order valence-electron chi connectivity index (χ3n) is 3.75. The second-order valence-electron chi connectivity index (χ2n) is 5.15. The molecule has 0 spiro atoms. The average molecular weight is 292 g/mol. The number of pyridine rings is 1. The highest BCUT2D eigenvalue weighted by Gasteiger charge is 2.25. The lowest BCUT2D eigenvalue weighted by molar-refractivity contribution is -0.134. The molecule has 21 heavy (non-hydrogen) atoms. The van der Waals surface area contributed by atoms with Gasteiger partial charge in [-0.3, -0.25) is 9.69 Å². The van der Waals surface area contributed by atoms with Crippen molar-refractivity contribution in [3.63, 3.8) is 0 Å². The molecule has 2 heterocycles. The number of nitrogens with zero attached hydrogens (tertiary/aromatic N) is 3. The van der Waals surface area contributed by atoms with Crippen LogP contribution in [0.15, 0.2) is 18.2 Å². The number of hydrogen-bond acceptors (Lipinski definition) is 5. The number of amides is 1. The molecule has 0 aromatic carbocycles. The highest BCUT2D eigenvalue weighted by atomic mass is 16.5. The topological polar surface area (TPSA) is 71.7 Å². The number of morpholine rings is 1. The Morgan fingerprint density at radius 2 is 2.24 bits per heavy atom. The lowest BCUT2D eigenvalue weighted by Gasteiger charge is -2.33. The predicted molar refractivity (Wildman–Crippen MR) is 81.7 cm³/mol. The number of aromatic nitrogens is 1. The van der Waals surface area contributed by atoms with Gasteiger partial charge in [0.15, 0.2) is 0 Å². The molecule has 0 bridgehead atoms. The molecule has 2 rings (SSSR count). The normalized spacial score (nSPS) is 19.4. The van der Waals surface area contributed by atoms with Crippen molar-refractivity contribution in [2.45, 2.75) is 20.0 Å². The maximum atomic E-state index is 12.2. The Morgan fingerprint density at radius 1 is 1.48 bits per heavy atom. The van der Waals surface area contributed by atoms with Crippen molar-refractivity contribution in [3.8, 4) is 0 Å². The predicted octanol–water partition coefficient (Wildman–Crippen LogP) is 0.905. The Hall–Kier alpha value is -1.66. The van der Waals surface area contributed by atoms with Crippen molar-refractivity contribution >= 4 is 11.7 Å². The molecule has 1 aromatic heterocycles. The van der Waals surface area contributed by atoms with Gasteiger partial charge in [-0.2, -0.15) is 0 Å². The summed E-state index contributed by atoms with van der Waals surface area (Å²) in [7, 11) is 0. The van der Waals surface area contributed by atoms with E-state index in [4.69, 9.17) is 10.5 Å². The van der Waals surface area contributed by atoms with Crippen LogP contribution >= 0.6 is 0 Å². The van der Waals surface area contributed by atoms with Crippen LogP contribution in [0, 0.1) is 0 Å². The van der Waals surface area contributed by atoms with Crippen LogP contribution in [0.5, 0.6) is 0 Å². The molecule has 1 saturated heterocycles. The summed E-state index contributed by atoms with van der Waals surface area (Å²) in [5, 5.41) is 0. The maximum absolute atomic E-state index is 12.2. The Labute approximate surface area is 125 Å². The third kappa shape index (κ3) is 4.15. The molecule has 1 aliphatic rings. The fourth-order valence-corrected chi connectivity index (χ4v) is 2.54. The van der Waals surface area contributed by atoms with Crippen molar-refractivity contribution in [3.05, 3.63) is 23.9 Å². The second-order valence-corrected chi connectivity index (χ2v) is 5.15. The van der Waals surface area contributed by atoms with Gasteiger partial charge in [-0.15, -0.1) is 0 Å². The Bertz CT molecular complexity index is 476. The molecular formula is C15H24N4O2. The smallest absolute Gasteiger partial charge is 0.236 e. The zero-order valence-electron chi connectivity index (χ0n) is 12.8. The maximum Gasteiger partial charge on any atom is 0.236 e. The van der Waals surface area contributed by atoms with Crippen molar-refractivity contribution in [1.29, 1.82) is 0 Å². The van der Waals surface area contributed by atoms with Crippen LogP contribution in [0.2, 0.25) is 0 Å². The van der Waals surface area contributed by atoms with E-state index in [0.717, 1.165) is 25.3 Å². The lowest BCUT2D eigenvalue weighted by Crippen LogP contribution is -2.45. The molecule has 1 aliphatic heterocycles. The molecule has 1 amide bonds. The first kappa shape index (κ1) is 15.7. The van der Waals surface area contributed by atoms with E-state index in [1.54, 1.807) is 6.07 Å². The van der Waals surface area contributed by atoms with E-state index in [2.05, 4.69) is 9.88 Å². The van der Waals surface area contributed by atoms with Crippen molar-refractivity contribution < 1.29 is 9.53 Å². The molecule has 6 heteroatoms. The van der Waals surface area contributed by atoms with E-state index >= 15 is 0 Å². The minimum atomic E-state index is -0.119. The van der Waals surface area contributed by atoms with Crippen molar-refractivity contribution in [2.24, 2.45) is 0 Å². The summed E-state index contributed by atoms with van der Waals surface area (Å²) >= 11 is 0. The van der Waals surface area contributed by atoms with Gasteiger partial charge in [0.05, 0.1) is 18.8 Å². The third-order valence-corrected chi connectivity index (χ3v) is 3.75. The van der Waals surface area contributed by atoms with Crippen LogP contribution in [0.25, 0.3) is 0 Å². The molecular weight excluding hydrogens is 268 g/mol. The Kier molecular flexibility index (Phi) is 5.52. The first-order valence-corrected chi connectivity index (χ1v) is 7.48. The summed E-state index contributed by atoms with van der Waals surface area (Å²) in [6.45, 7) is 7.98. The highest BCUT2D eigenvalue weighted by Crippen LogP contribution is 2.21. The largest absolute Gasteiger partial charge is 0.384 e. The Balaban J connectivity index is 1.96. The highest BCUT2D eigenvalue weighted by molar-refractivity contribution is 5.78. The van der Waals surface area contributed by atoms with Gasteiger partial charge in [-0.1, -0.05) is 6.07 Å². The summed E-state index contributed by atoms with van der Waals surface area (Å²) in [5.41, 5.74) is 6.54. The number of carbonyl (C=O) groups excluding carboxylic acids is 1. The van der Waals surface area contributed by atoms with E-state index < -0.39 is 0 Å². The molecule has 1 fully saturated rings. The van der Waals surface area contributed by atoms with E-state index in [0.29, 0.717) is 25.5 Å². The lowest BCUT2D eigenvalue weighted by atomic mass is 10.2. The molecule has 0 aliphatic carbocycles. The summed E-state index contributed by atoms with van der Waals surface area (Å²) in [4.78, 5) is 20.5. The minimum Gasteiger partial charge on any atom is -0.384 e. The van der Waals surface area contributed by atoms with Crippen molar-refractivity contribution in [2.75, 3.05) is 45.1 Å². The van der Waals surface area contributed by atoms with Gasteiger partial charge in [0.25, 0.3) is 0 Å². The van der Waals surface area contributed by atoms with Gasteiger partial charge >= 0.3 is 0 Å². The zero-order valence-corrected chi connectivity index (χ0v) is 12.8. The van der Waals surface area contributed by atoms with Crippen LogP contribution < -0.4 is 5.73 Å². The summed E-state index contributed by atoms with van der Waals surface area (Å²) in [5.74, 6) is 0.661. The van der Waals surface area contributed by atoms with E-state index in [-0.39, 0.29) is 12.0 Å². The average Bonchev–Trinajstić information content (AvgIpc) is 2.49. The number of carbonyl (C=O) groups is 1. The van der Waals surface area contributed by atoms with Crippen LogP contribution in [0.4, 0.5) is 5.82 Å². The second kappa shape index (κ2) is 7.38. The number of hydrogen-bond donors (Lipinski definition) is 1. The van der Waals surface area contributed by atoms with E-state index in [9.17, 15) is 4.79 Å². The molecule has 0 radical (unpaired) electrons. The van der Waals surface area contributed by atoms with Crippen LogP contribution in [-0.4, -0.2) is 60.0 Å². The first-order valence-electron chi connectivity index (χ1n) is 7.48. The van der Waals surface area contributed by atoms with Crippen LogP contribution in [-0.2, 0) is 9.53 Å². The quantitative estimate of drug-likeness (QED) is 0.873. The van der Waals surface area contributed by atoms with Gasteiger partial charge in [0, 0.05) is 26.2 Å². The van der Waals surface area contributed by atoms with Gasteiger partial charge in [-0.25, -0.2) is 4.98 Å². The zero-order chi connectivity index (χ0) is 15.2. The number of anilines is 1. The minimum absolute atomic E-state index is 0.119. The molecule has 116 valence electrons. The van der Waals surface area contributed by atoms with Crippen LogP contribution in [0.3, 0.4) is 0 Å². The summed E-state index contributed by atoms with van der Waals surface area (Å²) in [6, 6.07) is 5.55. The number of rotatable bonds is 5. The first-order chi connectivity index (χ1) is 10.1. The van der Waals surface area contributed by atoms with E-state index in [1.807, 2.05) is 30.9 Å². The van der Waals surface area contributed by atoms with Gasteiger partial charge in [0.1, 0.15) is 11.9 Å². The van der Waals surface area contributed by atoms with Gasteiger partial charge in [-0.05, 0) is 26.0 Å². The molecule has 1 aromatic rings. The summed E-state index contributed by atoms with van der Waals surface area (Å²) < 4.78 is 5.76. The van der Waals surface area contributed by atoms with Crippen molar-refractivity contribution in [1.82, 2.24) is 14.8 Å². The number of likely N-dealkylation sites (N-methyl/N-ethyl adjacent to an activating group) is 1. The number of ether oxygens (including phenoxy) is 1. The Morgan fingerprint density at radius 3 is 2.90 bits per heavy atom. The monoisotopic (exact) mass is 292 g/mol. The SMILES string of the molecule is CCN(CC)C(=O)CN1CCOC(c2cccc(N)n2)C1. The molecule has 2 N–H and O–H groups in total. The van der Waals surface area contributed by atoms with Gasteiger partial charge < -0.3 is 15.4 Å². The molecule has 6 nitrogen and oxygen atoms in total. The van der Waals surface area contributed by atoms with Gasteiger partial charge in [0.2, 0.25) is 5.91 Å². The van der Waals surface area contributed by atoms with Crippen LogP contribution in [0.1, 0.15) is 25.6 Å². The number of nitrogen functional groups attached to an aromatic ring is 1. The summed E-state index contributed by atoms with van der Waals surface area (Å²) in [6.07, 6.45) is -0.119. The molecule has 1 atom stereocenters. The van der Waals surface area contributed by atoms with E-state index in [1.165, 1.54) is 0 Å². The molecule has 0 saturated carbocycles. The molecule has 1 unspecified atom stereocenters. The number of nitrogens with two attached hydrogens (primary N) is 1. The fourth-order valence-electron chi connectivity index (χ4n) is 2.54.